The van der Waals surface area contributed by atoms with Gasteiger partial charge >= 0.3 is 0 Å². The average Bonchev–Trinajstić information content (AvgIpc) is 2.65. The molecule has 1 atom stereocenters. The first-order valence-electron chi connectivity index (χ1n) is 4.90. The lowest BCUT2D eigenvalue weighted by atomic mass is 10.2. The summed E-state index contributed by atoms with van der Waals surface area (Å²) < 4.78 is 1.73. The van der Waals surface area contributed by atoms with Gasteiger partial charge in [-0.15, -0.1) is 0 Å². The van der Waals surface area contributed by atoms with E-state index in [4.69, 9.17) is 5.73 Å². The van der Waals surface area contributed by atoms with Gasteiger partial charge in [-0.2, -0.15) is 5.10 Å². The van der Waals surface area contributed by atoms with Crippen LogP contribution in [0.5, 0.6) is 0 Å². The van der Waals surface area contributed by atoms with Crippen LogP contribution in [0.15, 0.2) is 34.7 Å². The summed E-state index contributed by atoms with van der Waals surface area (Å²) >= 11 is 1.53. The summed E-state index contributed by atoms with van der Waals surface area (Å²) in [7, 11) is 1.86. The van der Waals surface area contributed by atoms with Gasteiger partial charge in [0.25, 0.3) is 0 Å². The molecular formula is C10H13N5S. The zero-order chi connectivity index (χ0) is 11.5. The van der Waals surface area contributed by atoms with Gasteiger partial charge in [-0.05, 0) is 30.8 Å². The van der Waals surface area contributed by atoms with E-state index >= 15 is 0 Å². The van der Waals surface area contributed by atoms with E-state index in [1.54, 1.807) is 10.9 Å². The summed E-state index contributed by atoms with van der Waals surface area (Å²) in [4.78, 5) is 9.44. The lowest BCUT2D eigenvalue weighted by molar-refractivity contribution is 0.685. The molecule has 0 amide bonds. The van der Waals surface area contributed by atoms with Crippen molar-refractivity contribution in [2.75, 3.05) is 0 Å². The van der Waals surface area contributed by atoms with Gasteiger partial charge in [0.2, 0.25) is 0 Å². The van der Waals surface area contributed by atoms with E-state index in [2.05, 4.69) is 15.1 Å². The van der Waals surface area contributed by atoms with Crippen molar-refractivity contribution in [3.8, 4) is 0 Å². The molecule has 2 heterocycles. The van der Waals surface area contributed by atoms with Gasteiger partial charge in [0, 0.05) is 24.2 Å². The van der Waals surface area contributed by atoms with Crippen LogP contribution < -0.4 is 5.73 Å². The number of hydrogen-bond acceptors (Lipinski definition) is 5. The average molecular weight is 235 g/mol. The van der Waals surface area contributed by atoms with E-state index < -0.39 is 0 Å². The summed E-state index contributed by atoms with van der Waals surface area (Å²) in [6.07, 6.45) is 3.34. The molecule has 2 rings (SSSR count). The smallest absolute Gasteiger partial charge is 0.190 e. The summed E-state index contributed by atoms with van der Waals surface area (Å²) in [6, 6.07) is 3.89. The minimum Gasteiger partial charge on any atom is -0.323 e. The Bertz CT molecular complexity index is 462. The topological polar surface area (TPSA) is 69.6 Å². The van der Waals surface area contributed by atoms with Crippen LogP contribution in [-0.2, 0) is 7.05 Å². The van der Waals surface area contributed by atoms with Crippen molar-refractivity contribution in [1.82, 2.24) is 19.7 Å². The number of nitrogens with two attached hydrogens (primary N) is 1. The highest BCUT2D eigenvalue weighted by molar-refractivity contribution is 7.99. The Balaban J connectivity index is 2.14. The number of aryl methyl sites for hydroxylation is 1. The van der Waals surface area contributed by atoms with Crippen molar-refractivity contribution in [1.29, 1.82) is 0 Å². The van der Waals surface area contributed by atoms with E-state index in [0.29, 0.717) is 0 Å². The maximum absolute atomic E-state index is 5.73. The Labute approximate surface area is 98.1 Å². The van der Waals surface area contributed by atoms with E-state index in [0.717, 1.165) is 15.7 Å². The molecular weight excluding hydrogens is 222 g/mol. The Morgan fingerprint density at radius 2 is 2.19 bits per heavy atom. The third-order valence-electron chi connectivity index (χ3n) is 2.10. The van der Waals surface area contributed by atoms with Crippen LogP contribution in [0.25, 0.3) is 0 Å². The highest BCUT2D eigenvalue weighted by atomic mass is 32.2. The van der Waals surface area contributed by atoms with Crippen LogP contribution in [-0.4, -0.2) is 19.7 Å². The molecule has 16 heavy (non-hydrogen) atoms. The molecule has 0 radical (unpaired) electrons. The molecule has 0 aliphatic rings. The van der Waals surface area contributed by atoms with Crippen LogP contribution in [0.3, 0.4) is 0 Å². The van der Waals surface area contributed by atoms with Gasteiger partial charge in [-0.1, -0.05) is 0 Å². The zero-order valence-corrected chi connectivity index (χ0v) is 9.98. The van der Waals surface area contributed by atoms with Gasteiger partial charge in [-0.3, -0.25) is 4.98 Å². The van der Waals surface area contributed by atoms with Gasteiger partial charge in [0.1, 0.15) is 6.33 Å². The van der Waals surface area contributed by atoms with Crippen molar-refractivity contribution < 1.29 is 0 Å². The second-order valence-electron chi connectivity index (χ2n) is 3.48. The summed E-state index contributed by atoms with van der Waals surface area (Å²) in [6.45, 7) is 1.91. The summed E-state index contributed by atoms with van der Waals surface area (Å²) in [5.41, 5.74) is 6.62. The fourth-order valence-electron chi connectivity index (χ4n) is 1.20. The maximum atomic E-state index is 5.73. The first-order chi connectivity index (χ1) is 7.66. The van der Waals surface area contributed by atoms with E-state index in [9.17, 15) is 0 Å². The van der Waals surface area contributed by atoms with Crippen LogP contribution in [0, 0.1) is 0 Å². The predicted octanol–water partition coefficient (Wildman–Crippen LogP) is 1.38. The Morgan fingerprint density at radius 3 is 2.69 bits per heavy atom. The fraction of sp³-hybridized carbons (Fsp3) is 0.300. The first-order valence-corrected chi connectivity index (χ1v) is 5.72. The molecule has 0 aromatic carbocycles. The Kier molecular flexibility index (Phi) is 3.21. The molecule has 0 spiro atoms. The quantitative estimate of drug-likeness (QED) is 0.870. The standard InChI is InChI=1S/C10H13N5S/c1-7(11)9-4-3-8(5-12-9)16-10-13-6-14-15(10)2/h3-7H,11H2,1-2H3/t7-/m0/s1. The molecule has 0 fully saturated rings. The van der Waals surface area contributed by atoms with Crippen LogP contribution >= 0.6 is 11.8 Å². The zero-order valence-electron chi connectivity index (χ0n) is 9.16. The monoisotopic (exact) mass is 235 g/mol. The van der Waals surface area contributed by atoms with Crippen LogP contribution in [0.1, 0.15) is 18.7 Å². The lowest BCUT2D eigenvalue weighted by Gasteiger charge is -2.05. The molecule has 2 aromatic rings. The molecule has 0 saturated carbocycles. The third-order valence-corrected chi connectivity index (χ3v) is 3.13. The van der Waals surface area contributed by atoms with Crippen molar-refractivity contribution >= 4 is 11.8 Å². The van der Waals surface area contributed by atoms with Gasteiger partial charge in [-0.25, -0.2) is 9.67 Å². The van der Waals surface area contributed by atoms with Crippen LogP contribution in [0.2, 0.25) is 0 Å². The fourth-order valence-corrected chi connectivity index (χ4v) is 1.94. The molecule has 6 heteroatoms. The van der Waals surface area contributed by atoms with E-state index in [-0.39, 0.29) is 6.04 Å². The number of aromatic nitrogens is 4. The molecule has 0 aliphatic heterocycles. The van der Waals surface area contributed by atoms with E-state index in [1.807, 2.05) is 26.1 Å². The highest BCUT2D eigenvalue weighted by Crippen LogP contribution is 2.24. The molecule has 2 aromatic heterocycles. The molecule has 5 nitrogen and oxygen atoms in total. The molecule has 2 N–H and O–H groups in total. The molecule has 0 aliphatic carbocycles. The minimum absolute atomic E-state index is 0.0334. The van der Waals surface area contributed by atoms with Crippen molar-refractivity contribution in [3.05, 3.63) is 30.4 Å². The van der Waals surface area contributed by atoms with Gasteiger partial charge in [0.05, 0.1) is 5.69 Å². The normalized spacial score (nSPS) is 12.7. The minimum atomic E-state index is -0.0334. The van der Waals surface area contributed by atoms with Gasteiger partial charge in [0.15, 0.2) is 5.16 Å². The van der Waals surface area contributed by atoms with Crippen molar-refractivity contribution in [3.63, 3.8) is 0 Å². The number of pyridine rings is 1. The largest absolute Gasteiger partial charge is 0.323 e. The van der Waals surface area contributed by atoms with Crippen molar-refractivity contribution in [2.45, 2.75) is 23.0 Å². The SMILES string of the molecule is C[C@H](N)c1ccc(Sc2ncnn2C)cn1. The number of rotatable bonds is 3. The first kappa shape index (κ1) is 11.1. The second-order valence-corrected chi connectivity index (χ2v) is 4.52. The maximum Gasteiger partial charge on any atom is 0.190 e. The Hall–Kier alpha value is -1.40. The number of nitrogens with zero attached hydrogens (tertiary/aromatic N) is 4. The second kappa shape index (κ2) is 4.63. The summed E-state index contributed by atoms with van der Waals surface area (Å²) in [5, 5.41) is 4.85. The predicted molar refractivity (Wildman–Crippen MR) is 62.0 cm³/mol. The molecule has 0 unspecified atom stereocenters. The van der Waals surface area contributed by atoms with Crippen LogP contribution in [0.4, 0.5) is 0 Å². The van der Waals surface area contributed by atoms with Gasteiger partial charge < -0.3 is 5.73 Å². The molecule has 0 bridgehead atoms. The third kappa shape index (κ3) is 2.40. The lowest BCUT2D eigenvalue weighted by Crippen LogP contribution is -2.06. The van der Waals surface area contributed by atoms with E-state index in [1.165, 1.54) is 18.1 Å². The summed E-state index contributed by atoms with van der Waals surface area (Å²) in [5.74, 6) is 0. The Morgan fingerprint density at radius 1 is 1.38 bits per heavy atom. The highest BCUT2D eigenvalue weighted by Gasteiger charge is 2.05. The molecule has 84 valence electrons. The molecule has 0 saturated heterocycles. The number of hydrogen-bond donors (Lipinski definition) is 1. The van der Waals surface area contributed by atoms with Crippen molar-refractivity contribution in [2.24, 2.45) is 12.8 Å².